The molecular formula is C25H32F2N10O8P2S2+2. The Hall–Kier alpha value is -3.04. The fourth-order valence-corrected chi connectivity index (χ4v) is 6.94. The smallest absolute Gasteiger partial charge is 0.394 e. The first kappa shape index (κ1) is 37.2. The van der Waals surface area contributed by atoms with Crippen molar-refractivity contribution in [1.82, 2.24) is 34.4 Å². The topological polar surface area (TPSA) is 222 Å². The fourth-order valence-electron chi connectivity index (χ4n) is 5.37. The second kappa shape index (κ2) is 16.8. The van der Waals surface area contributed by atoms with Crippen LogP contribution in [-0.2, 0) is 27.7 Å². The monoisotopic (exact) mass is 764 g/mol. The van der Waals surface area contributed by atoms with E-state index < -0.39 is 76.9 Å². The van der Waals surface area contributed by atoms with Crippen molar-refractivity contribution in [3.05, 3.63) is 36.8 Å². The normalized spacial score (nSPS) is 28.0. The molecule has 2 saturated heterocycles. The second-order valence-electron chi connectivity index (χ2n) is 10.3. The van der Waals surface area contributed by atoms with Gasteiger partial charge in [0, 0.05) is 20.1 Å². The van der Waals surface area contributed by atoms with Crippen LogP contribution in [0.2, 0.25) is 0 Å². The Morgan fingerprint density at radius 1 is 1.00 bits per heavy atom. The van der Waals surface area contributed by atoms with Crippen molar-refractivity contribution in [1.29, 1.82) is 0 Å². The summed E-state index contributed by atoms with van der Waals surface area (Å²) in [5.74, 6) is 0.818. The van der Waals surface area contributed by atoms with E-state index in [1.54, 1.807) is 12.2 Å². The average molecular weight is 765 g/mol. The highest BCUT2D eigenvalue weighted by atomic mass is 32.7. The molecule has 0 bridgehead atoms. The molecule has 5 rings (SSSR count). The summed E-state index contributed by atoms with van der Waals surface area (Å²) in [6.07, 6.45) is -3.48. The Morgan fingerprint density at radius 2 is 1.59 bits per heavy atom. The van der Waals surface area contributed by atoms with E-state index in [1.165, 1.54) is 35.2 Å². The number of imidazole rings is 2. The first-order chi connectivity index (χ1) is 23.6. The number of aliphatic hydroxyl groups is 2. The molecule has 0 aliphatic carbocycles. The van der Waals surface area contributed by atoms with Gasteiger partial charge in [-0.25, -0.2) is 33.7 Å². The fraction of sp³-hybridized carbons (Fsp3) is 0.520. The molecule has 18 nitrogen and oxygen atoms in total. The summed E-state index contributed by atoms with van der Waals surface area (Å²) < 4.78 is 77.4. The predicted molar refractivity (Wildman–Crippen MR) is 180 cm³/mol. The Morgan fingerprint density at radius 3 is 2.16 bits per heavy atom. The van der Waals surface area contributed by atoms with E-state index in [1.807, 2.05) is 0 Å². The molecule has 49 heavy (non-hydrogen) atoms. The minimum Gasteiger partial charge on any atom is -0.394 e. The third-order valence-corrected chi connectivity index (χ3v) is 8.94. The summed E-state index contributed by atoms with van der Waals surface area (Å²) in [6, 6.07) is 0. The third kappa shape index (κ3) is 7.98. The SMILES string of the molecule is C=Nc1c(C(=NC)NC/C=C/CNc2ncnc3c2ncn3[C@@H]2OC(CO)[C@@H](O[P+](=O)S)[C@H]2F)ncn1[C@@H]1O[C@H](CO)C(O[P+](=O)S)[C@H]1F. The molecule has 0 radical (unpaired) electrons. The number of anilines is 1. The number of halogens is 2. The highest BCUT2D eigenvalue weighted by Crippen LogP contribution is 2.43. The molecule has 10 atom stereocenters. The standard InChI is InChI=1S/C25H30F2N10O8P2S2/c1-28-20(16-22(29-2)36(10-34-16)24-14(26)18(44-46(40)48)12(7-38)42-24)30-5-3-4-6-31-21-17-23(33-9-32-21)37(11-35-17)25-15(27)19(45-47(41)49)13(8-39)43-25/h3-4,9-15,18-19,24-25,38-39H,2,5-8H2,1H3,(H2-2,28,30,31,32,33,40,41,48,49)/p+2/b4-3+/t12-,13?,14-,15-,18?,19-,24-,25-/m1/s1. The van der Waals surface area contributed by atoms with Gasteiger partial charge in [0.05, 0.1) is 25.9 Å². The minimum absolute atomic E-state index is 0.139. The van der Waals surface area contributed by atoms with Crippen LogP contribution in [0.1, 0.15) is 18.1 Å². The van der Waals surface area contributed by atoms with Crippen LogP contribution in [0.15, 0.2) is 41.1 Å². The molecule has 2 aliphatic heterocycles. The van der Waals surface area contributed by atoms with Crippen molar-refractivity contribution < 1.29 is 46.6 Å². The number of aliphatic hydroxyl groups excluding tert-OH is 2. The van der Waals surface area contributed by atoms with E-state index in [2.05, 4.69) is 71.8 Å². The number of aliphatic imine (C=N–C) groups is 2. The Bertz CT molecular complexity index is 1740. The number of hydrogen-bond acceptors (Lipinski definition) is 15. The molecule has 2 fully saturated rings. The molecule has 4 unspecified atom stereocenters. The first-order valence-electron chi connectivity index (χ1n) is 14.4. The molecule has 2 aliphatic rings. The maximum Gasteiger partial charge on any atom is 0.582 e. The van der Waals surface area contributed by atoms with Crippen LogP contribution >= 0.6 is 39.0 Å². The van der Waals surface area contributed by atoms with Gasteiger partial charge in [-0.05, 0) is 15.8 Å². The van der Waals surface area contributed by atoms with Crippen molar-refractivity contribution in [2.45, 2.75) is 49.2 Å². The number of nitrogens with zero attached hydrogens (tertiary/aromatic N) is 8. The zero-order valence-electron chi connectivity index (χ0n) is 25.5. The van der Waals surface area contributed by atoms with E-state index in [9.17, 15) is 19.3 Å². The number of amidine groups is 1. The second-order valence-corrected chi connectivity index (χ2v) is 13.7. The van der Waals surface area contributed by atoms with E-state index in [-0.39, 0.29) is 17.2 Å². The van der Waals surface area contributed by atoms with Gasteiger partial charge in [-0.1, -0.05) is 12.2 Å². The number of alkyl halides is 2. The van der Waals surface area contributed by atoms with Crippen molar-refractivity contribution in [3.63, 3.8) is 0 Å². The van der Waals surface area contributed by atoms with Crippen LogP contribution in [0.4, 0.5) is 20.4 Å². The van der Waals surface area contributed by atoms with Gasteiger partial charge in [-0.3, -0.25) is 14.1 Å². The number of aromatic nitrogens is 6. The Labute approximate surface area is 289 Å². The quantitative estimate of drug-likeness (QED) is 0.0430. The predicted octanol–water partition coefficient (Wildman–Crippen LogP) is 2.39. The number of thiol groups is 2. The largest absolute Gasteiger partial charge is 0.582 e. The summed E-state index contributed by atoms with van der Waals surface area (Å²) in [5.41, 5.74) is 0.848. The number of ether oxygens (including phenoxy) is 2. The van der Waals surface area contributed by atoms with Gasteiger partial charge < -0.3 is 30.3 Å². The van der Waals surface area contributed by atoms with Gasteiger partial charge in [0.25, 0.3) is 0 Å². The van der Waals surface area contributed by atoms with Gasteiger partial charge in [-0.2, -0.15) is 0 Å². The first-order valence-corrected chi connectivity index (χ1v) is 19.1. The van der Waals surface area contributed by atoms with Gasteiger partial charge >= 0.3 is 14.5 Å². The molecule has 4 N–H and O–H groups in total. The van der Waals surface area contributed by atoms with Crippen LogP contribution in [-0.4, -0.2) is 122 Å². The van der Waals surface area contributed by atoms with Gasteiger partial charge in [0.1, 0.15) is 48.7 Å². The molecule has 5 heterocycles. The summed E-state index contributed by atoms with van der Waals surface area (Å²) in [5, 5.41) is 25.4. The molecule has 3 aromatic heterocycles. The summed E-state index contributed by atoms with van der Waals surface area (Å²) in [6.45, 7) is 3.02. The van der Waals surface area contributed by atoms with Crippen molar-refractivity contribution in [2.75, 3.05) is 38.7 Å². The van der Waals surface area contributed by atoms with E-state index in [4.69, 9.17) is 18.5 Å². The van der Waals surface area contributed by atoms with Crippen LogP contribution in [0, 0.1) is 0 Å². The Balaban J connectivity index is 1.20. The highest BCUT2D eigenvalue weighted by molar-refractivity contribution is 8.39. The molecular weight excluding hydrogens is 732 g/mol. The number of rotatable bonds is 15. The lowest BCUT2D eigenvalue weighted by molar-refractivity contribution is -0.0435. The van der Waals surface area contributed by atoms with Gasteiger partial charge in [0.15, 0.2) is 65.6 Å². The summed E-state index contributed by atoms with van der Waals surface area (Å²) in [4.78, 5) is 25.2. The lowest BCUT2D eigenvalue weighted by atomic mass is 10.1. The molecule has 0 amide bonds. The van der Waals surface area contributed by atoms with Crippen LogP contribution in [0.25, 0.3) is 11.2 Å². The number of hydrogen-bond donors (Lipinski definition) is 6. The summed E-state index contributed by atoms with van der Waals surface area (Å²) in [7, 11) is -3.37. The molecule has 24 heteroatoms. The third-order valence-electron chi connectivity index (χ3n) is 7.53. The highest BCUT2D eigenvalue weighted by Gasteiger charge is 2.52. The number of fused-ring (bicyclic) bond motifs is 1. The van der Waals surface area contributed by atoms with Crippen LogP contribution in [0.5, 0.6) is 0 Å². The zero-order valence-corrected chi connectivity index (χ0v) is 29.1. The lowest BCUT2D eigenvalue weighted by Gasteiger charge is -2.16. The maximum atomic E-state index is 15.3. The average Bonchev–Trinajstić information content (AvgIpc) is 3.85. The molecule has 264 valence electrons. The van der Waals surface area contributed by atoms with E-state index in [0.717, 1.165) is 0 Å². The minimum atomic E-state index is -2.45. The van der Waals surface area contributed by atoms with Crippen molar-refractivity contribution in [2.24, 2.45) is 9.98 Å². The van der Waals surface area contributed by atoms with Crippen molar-refractivity contribution in [3.8, 4) is 0 Å². The van der Waals surface area contributed by atoms with E-state index >= 15 is 8.78 Å². The van der Waals surface area contributed by atoms with Gasteiger partial charge in [0.2, 0.25) is 0 Å². The zero-order chi connectivity index (χ0) is 35.2. The van der Waals surface area contributed by atoms with Gasteiger partial charge in [-0.15, -0.1) is 9.05 Å². The number of nitrogens with one attached hydrogen (secondary N) is 2. The van der Waals surface area contributed by atoms with Crippen LogP contribution in [0.3, 0.4) is 0 Å². The molecule has 0 aromatic carbocycles. The van der Waals surface area contributed by atoms with Crippen LogP contribution < -0.4 is 10.6 Å². The van der Waals surface area contributed by atoms with Crippen molar-refractivity contribution >= 4 is 74.3 Å². The molecule has 3 aromatic rings. The maximum absolute atomic E-state index is 15.3. The lowest BCUT2D eigenvalue weighted by Crippen LogP contribution is -2.31. The molecule has 0 spiro atoms. The Kier molecular flexibility index (Phi) is 12.7. The molecule has 0 saturated carbocycles. The summed E-state index contributed by atoms with van der Waals surface area (Å²) >= 11 is 7.34. The van der Waals surface area contributed by atoms with E-state index in [0.29, 0.717) is 30.3 Å².